The van der Waals surface area contributed by atoms with Crippen molar-refractivity contribution < 1.29 is 9.53 Å². The number of carbonyl (C=O) groups is 1. The molecule has 0 bridgehead atoms. The molecule has 1 aromatic rings. The zero-order chi connectivity index (χ0) is 17.8. The van der Waals surface area contributed by atoms with Crippen LogP contribution in [0, 0.1) is 0 Å². The first-order valence-electron chi connectivity index (χ1n) is 9.22. The summed E-state index contributed by atoms with van der Waals surface area (Å²) < 4.78 is 7.49. The van der Waals surface area contributed by atoms with Gasteiger partial charge in [-0.05, 0) is 25.7 Å². The first-order valence-corrected chi connectivity index (χ1v) is 9.22. The zero-order valence-corrected chi connectivity index (χ0v) is 15.3. The molecule has 1 aromatic heterocycles. The van der Waals surface area contributed by atoms with Crippen molar-refractivity contribution in [3.05, 3.63) is 11.6 Å². The van der Waals surface area contributed by atoms with Crippen molar-refractivity contribution in [2.45, 2.75) is 63.7 Å². The van der Waals surface area contributed by atoms with E-state index < -0.39 is 0 Å². The molecular weight excluding hydrogens is 320 g/mol. The van der Waals surface area contributed by atoms with Crippen LogP contribution in [0.4, 0.5) is 0 Å². The second-order valence-electron chi connectivity index (χ2n) is 7.30. The van der Waals surface area contributed by atoms with Crippen LogP contribution in [-0.2, 0) is 22.6 Å². The lowest BCUT2D eigenvalue weighted by Crippen LogP contribution is -2.44. The summed E-state index contributed by atoms with van der Waals surface area (Å²) in [5.41, 5.74) is 5.94. The third kappa shape index (κ3) is 4.56. The van der Waals surface area contributed by atoms with Gasteiger partial charge in [0.25, 0.3) is 0 Å². The van der Waals surface area contributed by atoms with E-state index in [-0.39, 0.29) is 5.91 Å². The molecule has 0 unspecified atom stereocenters. The maximum Gasteiger partial charge on any atom is 0.217 e. The Morgan fingerprint density at radius 1 is 1.32 bits per heavy atom. The Bertz CT molecular complexity index is 576. The fraction of sp³-hybridized carbons (Fsp3) is 0.824. The number of ether oxygens (including phenoxy) is 1. The number of hydrogen-bond donors (Lipinski definition) is 2. The smallest absolute Gasteiger partial charge is 0.217 e. The lowest BCUT2D eigenvalue weighted by molar-refractivity contribution is -0.119. The van der Waals surface area contributed by atoms with Crippen LogP contribution < -0.4 is 11.1 Å². The molecule has 1 saturated heterocycles. The molecular formula is C17H30N6O2. The Balaban J connectivity index is 1.61. The van der Waals surface area contributed by atoms with Gasteiger partial charge in [-0.2, -0.15) is 0 Å². The third-order valence-electron chi connectivity index (χ3n) is 5.27. The number of carbonyl (C=O) groups excluding carboxylic acids is 1. The molecule has 1 aliphatic carbocycles. The first-order chi connectivity index (χ1) is 12.1. The lowest BCUT2D eigenvalue weighted by atomic mass is 9.80. The predicted molar refractivity (Wildman–Crippen MR) is 94.0 cm³/mol. The average molecular weight is 350 g/mol. The van der Waals surface area contributed by atoms with Crippen molar-refractivity contribution in [2.75, 3.05) is 26.8 Å². The quantitative estimate of drug-likeness (QED) is 0.730. The van der Waals surface area contributed by atoms with Gasteiger partial charge in [-0.25, -0.2) is 0 Å². The number of piperidine rings is 1. The highest BCUT2D eigenvalue weighted by molar-refractivity contribution is 5.73. The largest absolute Gasteiger partial charge is 0.383 e. The number of likely N-dealkylation sites (tertiary alicyclic amines) is 1. The normalized spacial score (nSPS) is 24.9. The highest BCUT2D eigenvalue weighted by Crippen LogP contribution is 2.35. The minimum absolute atomic E-state index is 0.0566. The number of nitrogens with one attached hydrogen (secondary N) is 1. The van der Waals surface area contributed by atoms with Crippen LogP contribution in [0.3, 0.4) is 0 Å². The van der Waals surface area contributed by atoms with Crippen molar-refractivity contribution in [1.82, 2.24) is 25.0 Å². The van der Waals surface area contributed by atoms with E-state index in [1.165, 1.54) is 0 Å². The number of nitrogens with two attached hydrogens (primary N) is 1. The molecule has 1 amide bonds. The van der Waals surface area contributed by atoms with E-state index in [9.17, 15) is 4.79 Å². The SMILES string of the molecule is COCCn1c(CN2CCC(NC(C)=O)CC2)nnc1C1CC(N)C1. The van der Waals surface area contributed by atoms with Gasteiger partial charge in [-0.15, -0.1) is 10.2 Å². The maximum atomic E-state index is 11.2. The Labute approximate surface area is 149 Å². The minimum atomic E-state index is 0.0566. The van der Waals surface area contributed by atoms with Crippen molar-refractivity contribution in [3.8, 4) is 0 Å². The standard InChI is InChI=1S/C17H30N6O2/c1-12(24)19-15-3-5-22(6-4-15)11-16-20-21-17(13-9-14(18)10-13)23(16)7-8-25-2/h13-15H,3-11,18H2,1-2H3,(H,19,24). The summed E-state index contributed by atoms with van der Waals surface area (Å²) >= 11 is 0. The molecule has 8 nitrogen and oxygen atoms in total. The van der Waals surface area contributed by atoms with E-state index >= 15 is 0 Å². The maximum absolute atomic E-state index is 11.2. The third-order valence-corrected chi connectivity index (χ3v) is 5.27. The highest BCUT2D eigenvalue weighted by atomic mass is 16.5. The second kappa shape index (κ2) is 8.25. The molecule has 3 N–H and O–H groups in total. The van der Waals surface area contributed by atoms with Gasteiger partial charge in [0.15, 0.2) is 0 Å². The molecule has 2 aliphatic rings. The topological polar surface area (TPSA) is 98.3 Å². The fourth-order valence-electron chi connectivity index (χ4n) is 3.79. The summed E-state index contributed by atoms with van der Waals surface area (Å²) in [7, 11) is 1.72. The average Bonchev–Trinajstić information content (AvgIpc) is 2.93. The van der Waals surface area contributed by atoms with Crippen molar-refractivity contribution >= 4 is 5.91 Å². The number of nitrogens with zero attached hydrogens (tertiary/aromatic N) is 4. The van der Waals surface area contributed by atoms with Gasteiger partial charge in [0, 0.05) is 51.7 Å². The van der Waals surface area contributed by atoms with Crippen molar-refractivity contribution in [3.63, 3.8) is 0 Å². The van der Waals surface area contributed by atoms with Crippen molar-refractivity contribution in [1.29, 1.82) is 0 Å². The number of amides is 1. The van der Waals surface area contributed by atoms with Crippen molar-refractivity contribution in [2.24, 2.45) is 5.73 Å². The first kappa shape index (κ1) is 18.3. The Hall–Kier alpha value is -1.51. The van der Waals surface area contributed by atoms with Crippen LogP contribution >= 0.6 is 0 Å². The summed E-state index contributed by atoms with van der Waals surface area (Å²) in [4.78, 5) is 13.6. The Kier molecular flexibility index (Phi) is 6.03. The van der Waals surface area contributed by atoms with E-state index in [0.29, 0.717) is 24.6 Å². The van der Waals surface area contributed by atoms with E-state index in [1.54, 1.807) is 14.0 Å². The molecule has 8 heteroatoms. The number of rotatable bonds is 7. The van der Waals surface area contributed by atoms with Gasteiger partial charge in [0.2, 0.25) is 5.91 Å². The van der Waals surface area contributed by atoms with Gasteiger partial charge in [0.05, 0.1) is 13.2 Å². The summed E-state index contributed by atoms with van der Waals surface area (Å²) in [5, 5.41) is 11.9. The number of aromatic nitrogens is 3. The fourth-order valence-corrected chi connectivity index (χ4v) is 3.79. The van der Waals surface area contributed by atoms with E-state index in [2.05, 4.69) is 25.0 Å². The van der Waals surface area contributed by atoms with Crippen LogP contribution in [0.15, 0.2) is 0 Å². The number of hydrogen-bond acceptors (Lipinski definition) is 6. The molecule has 0 atom stereocenters. The minimum Gasteiger partial charge on any atom is -0.383 e. The van der Waals surface area contributed by atoms with Gasteiger partial charge in [0.1, 0.15) is 11.6 Å². The molecule has 140 valence electrons. The van der Waals surface area contributed by atoms with E-state index in [4.69, 9.17) is 10.5 Å². The van der Waals surface area contributed by atoms with E-state index in [0.717, 1.165) is 63.5 Å². The summed E-state index contributed by atoms with van der Waals surface area (Å²) in [6.45, 7) is 5.74. The molecule has 0 spiro atoms. The van der Waals surface area contributed by atoms with Crippen LogP contribution in [0.25, 0.3) is 0 Å². The summed E-state index contributed by atoms with van der Waals surface area (Å²) in [6, 6.07) is 0.598. The van der Waals surface area contributed by atoms with Gasteiger partial charge < -0.3 is 20.4 Å². The molecule has 2 fully saturated rings. The Morgan fingerprint density at radius 2 is 2.04 bits per heavy atom. The van der Waals surface area contributed by atoms with Crippen LogP contribution in [0.1, 0.15) is 50.2 Å². The van der Waals surface area contributed by atoms with Crippen LogP contribution in [-0.4, -0.2) is 64.5 Å². The number of methoxy groups -OCH3 is 1. The molecule has 1 saturated carbocycles. The monoisotopic (exact) mass is 350 g/mol. The molecule has 2 heterocycles. The molecule has 1 aliphatic heterocycles. The second-order valence-corrected chi connectivity index (χ2v) is 7.30. The van der Waals surface area contributed by atoms with E-state index in [1.807, 2.05) is 0 Å². The molecule has 25 heavy (non-hydrogen) atoms. The van der Waals surface area contributed by atoms with Gasteiger partial charge in [-0.1, -0.05) is 0 Å². The van der Waals surface area contributed by atoms with Gasteiger partial charge >= 0.3 is 0 Å². The molecule has 0 aromatic carbocycles. The van der Waals surface area contributed by atoms with Gasteiger partial charge in [-0.3, -0.25) is 9.69 Å². The molecule has 0 radical (unpaired) electrons. The highest BCUT2D eigenvalue weighted by Gasteiger charge is 2.32. The summed E-state index contributed by atoms with van der Waals surface area (Å²) in [6.07, 6.45) is 3.95. The summed E-state index contributed by atoms with van der Waals surface area (Å²) in [5.74, 6) is 2.55. The van der Waals surface area contributed by atoms with Crippen LogP contribution in [0.2, 0.25) is 0 Å². The van der Waals surface area contributed by atoms with Crippen LogP contribution in [0.5, 0.6) is 0 Å². The zero-order valence-electron chi connectivity index (χ0n) is 15.3. The molecule has 3 rings (SSSR count). The Morgan fingerprint density at radius 3 is 2.64 bits per heavy atom. The predicted octanol–water partition coefficient (Wildman–Crippen LogP) is 0.230. The lowest BCUT2D eigenvalue weighted by Gasteiger charge is -2.33.